The number of hydrogen-bond acceptors (Lipinski definition) is 14. The molecule has 0 aliphatic heterocycles. The Morgan fingerprint density at radius 3 is 0.736 bits per heavy atom. The van der Waals surface area contributed by atoms with E-state index in [-0.39, 0.29) is 60.0 Å². The molecule has 0 amide bonds. The Balaban J connectivity index is 0.000000360. The number of hydrogen-bond donors (Lipinski definition) is 2. The minimum atomic E-state index is -2.39. The number of carbonyl (C=O) groups excluding carboxylic acids is 6. The summed E-state index contributed by atoms with van der Waals surface area (Å²) in [5.74, 6) is -12.0. The Labute approximate surface area is 329 Å². The van der Waals surface area contributed by atoms with Crippen LogP contribution in [0.2, 0.25) is 0 Å². The van der Waals surface area contributed by atoms with Gasteiger partial charge in [0, 0.05) is 0 Å². The molecule has 0 aliphatic carbocycles. The number of carbonyl (C=O) groups is 8. The number of esters is 4. The quantitative estimate of drug-likeness (QED) is 0.0987. The molecular formula is C36H26CaO16. The summed E-state index contributed by atoms with van der Waals surface area (Å²) in [6, 6.07) is 29.4. The normalized spacial score (nSPS) is 12.2. The molecule has 268 valence electrons. The number of carboxylic acid groups (broad SMARTS) is 4. The molecule has 0 radical (unpaired) electrons. The van der Waals surface area contributed by atoms with Gasteiger partial charge in [-0.2, -0.15) is 0 Å². The summed E-state index contributed by atoms with van der Waals surface area (Å²) in [4.78, 5) is 93.3. The summed E-state index contributed by atoms with van der Waals surface area (Å²) < 4.78 is 18.8. The SMILES string of the molecule is O=C(O[C@@H](C(=O)O)[C@@H](OC(=O)c1ccccc1)C(=O)O)c1ccccc1.O=C(O[C@@H](C(=O)[O-])[C@@H](OC(=O)c1ccccc1)C(=O)[O-])c1ccccc1.[Ca+2]. The molecule has 0 aromatic heterocycles. The van der Waals surface area contributed by atoms with Gasteiger partial charge in [-0.25, -0.2) is 28.8 Å². The summed E-state index contributed by atoms with van der Waals surface area (Å²) >= 11 is 0. The molecule has 17 heteroatoms. The molecular weight excluding hydrogens is 728 g/mol. The molecule has 0 fully saturated rings. The predicted molar refractivity (Wildman–Crippen MR) is 174 cm³/mol. The molecule has 0 saturated heterocycles. The molecule has 0 spiro atoms. The molecule has 0 saturated carbocycles. The summed E-state index contributed by atoms with van der Waals surface area (Å²) in [6.45, 7) is 0. The van der Waals surface area contributed by atoms with E-state index < -0.39 is 72.2 Å². The first-order valence-electron chi connectivity index (χ1n) is 14.7. The molecule has 0 bridgehead atoms. The average molecular weight is 755 g/mol. The molecule has 4 rings (SSSR count). The van der Waals surface area contributed by atoms with E-state index in [0.29, 0.717) is 0 Å². The Kier molecular flexibility index (Phi) is 17.3. The maximum atomic E-state index is 12.0. The smallest absolute Gasteiger partial charge is 0.546 e. The number of rotatable bonds is 14. The van der Waals surface area contributed by atoms with Crippen molar-refractivity contribution in [2.75, 3.05) is 0 Å². The van der Waals surface area contributed by atoms with Gasteiger partial charge in [0.15, 0.2) is 12.2 Å². The van der Waals surface area contributed by atoms with E-state index in [0.717, 1.165) is 0 Å². The Bertz CT molecular complexity index is 1610. The zero-order valence-corrected chi connectivity index (χ0v) is 29.4. The Morgan fingerprint density at radius 1 is 0.377 bits per heavy atom. The second-order valence-corrected chi connectivity index (χ2v) is 10.1. The Morgan fingerprint density at radius 2 is 0.566 bits per heavy atom. The predicted octanol–water partition coefficient (Wildman–Crippen LogP) is 0.163. The van der Waals surface area contributed by atoms with Crippen LogP contribution in [0.1, 0.15) is 41.4 Å². The van der Waals surface area contributed by atoms with E-state index in [1.807, 2.05) is 0 Å². The van der Waals surface area contributed by atoms with Crippen LogP contribution in [0, 0.1) is 0 Å². The number of aliphatic carboxylic acids is 4. The van der Waals surface area contributed by atoms with Crippen LogP contribution >= 0.6 is 0 Å². The van der Waals surface area contributed by atoms with Crippen molar-refractivity contribution in [2.45, 2.75) is 24.4 Å². The van der Waals surface area contributed by atoms with Crippen molar-refractivity contribution in [1.82, 2.24) is 0 Å². The van der Waals surface area contributed by atoms with Crippen LogP contribution in [-0.4, -0.2) is 120 Å². The number of benzene rings is 4. The fraction of sp³-hybridized carbons (Fsp3) is 0.111. The molecule has 0 unspecified atom stereocenters. The molecule has 0 heterocycles. The first-order valence-corrected chi connectivity index (χ1v) is 14.7. The van der Waals surface area contributed by atoms with Crippen molar-refractivity contribution in [1.29, 1.82) is 0 Å². The second-order valence-electron chi connectivity index (χ2n) is 10.1. The van der Waals surface area contributed by atoms with Gasteiger partial charge in [-0.05, 0) is 48.5 Å². The van der Waals surface area contributed by atoms with Crippen LogP contribution in [0.3, 0.4) is 0 Å². The van der Waals surface area contributed by atoms with Crippen LogP contribution in [0.4, 0.5) is 0 Å². The minimum Gasteiger partial charge on any atom is -0.546 e. The molecule has 53 heavy (non-hydrogen) atoms. The van der Waals surface area contributed by atoms with Crippen molar-refractivity contribution >= 4 is 85.5 Å². The van der Waals surface area contributed by atoms with Gasteiger partial charge in [-0.1, -0.05) is 72.8 Å². The van der Waals surface area contributed by atoms with Gasteiger partial charge in [0.05, 0.1) is 34.2 Å². The monoisotopic (exact) mass is 754 g/mol. The van der Waals surface area contributed by atoms with Crippen LogP contribution in [0.5, 0.6) is 0 Å². The molecule has 2 N–H and O–H groups in total. The van der Waals surface area contributed by atoms with Crippen molar-refractivity contribution < 1.29 is 77.7 Å². The Hall–Kier alpha value is -6.10. The van der Waals surface area contributed by atoms with Crippen molar-refractivity contribution in [3.63, 3.8) is 0 Å². The van der Waals surface area contributed by atoms with E-state index in [2.05, 4.69) is 9.47 Å². The molecule has 4 atom stereocenters. The standard InChI is InChI=1S/2C18H14O8.Ca/c2*19-15(20)13(25-17(23)11-7-3-1-4-8-11)14(16(21)22)26-18(24)12-9-5-2-6-10-12;/h2*1-10,13-14H,(H,19,20)(H,21,22);/q;;+2/p-2/t2*13-,14-;/m11./s1. The fourth-order valence-corrected chi connectivity index (χ4v) is 3.98. The summed E-state index contributed by atoms with van der Waals surface area (Å²) in [6.07, 6.45) is -9.21. The summed E-state index contributed by atoms with van der Waals surface area (Å²) in [7, 11) is 0. The van der Waals surface area contributed by atoms with Gasteiger partial charge in [0.2, 0.25) is 12.2 Å². The van der Waals surface area contributed by atoms with Gasteiger partial charge in [0.25, 0.3) is 0 Å². The topological polar surface area (TPSA) is 260 Å². The van der Waals surface area contributed by atoms with Crippen LogP contribution < -0.4 is 10.2 Å². The zero-order chi connectivity index (χ0) is 38.2. The van der Waals surface area contributed by atoms with Crippen molar-refractivity contribution in [2.24, 2.45) is 0 Å². The third kappa shape index (κ3) is 13.2. The average Bonchev–Trinajstić information content (AvgIpc) is 3.15. The number of carboxylic acids is 4. The molecule has 4 aromatic rings. The van der Waals surface area contributed by atoms with Crippen LogP contribution in [-0.2, 0) is 38.1 Å². The van der Waals surface area contributed by atoms with Gasteiger partial charge in [-0.3, -0.25) is 0 Å². The third-order valence-corrected chi connectivity index (χ3v) is 6.48. The minimum absolute atomic E-state index is 0. The van der Waals surface area contributed by atoms with E-state index >= 15 is 0 Å². The molecule has 16 nitrogen and oxygen atoms in total. The van der Waals surface area contributed by atoms with Crippen LogP contribution in [0.25, 0.3) is 0 Å². The van der Waals surface area contributed by atoms with Crippen LogP contribution in [0.15, 0.2) is 121 Å². The van der Waals surface area contributed by atoms with Crippen molar-refractivity contribution in [3.8, 4) is 0 Å². The van der Waals surface area contributed by atoms with Gasteiger partial charge in [-0.15, -0.1) is 0 Å². The van der Waals surface area contributed by atoms with E-state index in [1.165, 1.54) is 97.1 Å². The molecule has 4 aromatic carbocycles. The van der Waals surface area contributed by atoms with Gasteiger partial charge >= 0.3 is 73.6 Å². The van der Waals surface area contributed by atoms with Gasteiger partial charge < -0.3 is 49.0 Å². The third-order valence-electron chi connectivity index (χ3n) is 6.48. The van der Waals surface area contributed by atoms with E-state index in [1.54, 1.807) is 24.3 Å². The van der Waals surface area contributed by atoms with Gasteiger partial charge in [0.1, 0.15) is 0 Å². The molecule has 0 aliphatic rings. The largest absolute Gasteiger partial charge is 2.00 e. The summed E-state index contributed by atoms with van der Waals surface area (Å²) in [5.41, 5.74) is 0.00465. The number of ether oxygens (including phenoxy) is 4. The first kappa shape index (κ1) is 43.1. The fourth-order valence-electron chi connectivity index (χ4n) is 3.98. The first-order chi connectivity index (χ1) is 24.8. The summed E-state index contributed by atoms with van der Waals surface area (Å²) in [5, 5.41) is 41.0. The maximum Gasteiger partial charge on any atom is 2.00 e. The zero-order valence-electron chi connectivity index (χ0n) is 27.2. The van der Waals surface area contributed by atoms with Crippen molar-refractivity contribution in [3.05, 3.63) is 144 Å². The van der Waals surface area contributed by atoms with E-state index in [9.17, 15) is 58.8 Å². The second kappa shape index (κ2) is 21.3. The van der Waals surface area contributed by atoms with E-state index in [4.69, 9.17) is 9.47 Å². The maximum absolute atomic E-state index is 12.0.